The lowest BCUT2D eigenvalue weighted by atomic mass is 9.87. The van der Waals surface area contributed by atoms with E-state index in [0.717, 1.165) is 12.0 Å². The molecule has 0 radical (unpaired) electrons. The summed E-state index contributed by atoms with van der Waals surface area (Å²) in [6.45, 7) is 2.15. The molecular weight excluding hydrogens is 292 g/mol. The monoisotopic (exact) mass is 314 g/mol. The van der Waals surface area contributed by atoms with Crippen LogP contribution in [0.4, 0.5) is 0 Å². The van der Waals surface area contributed by atoms with Crippen LogP contribution in [0, 0.1) is 0 Å². The molecule has 0 saturated heterocycles. The second-order valence-electron chi connectivity index (χ2n) is 5.80. The van der Waals surface area contributed by atoms with E-state index in [4.69, 9.17) is 4.74 Å². The molecule has 0 bridgehead atoms. The Morgan fingerprint density at radius 2 is 1.46 bits per heavy atom. The highest BCUT2D eigenvalue weighted by atomic mass is 16.5. The summed E-state index contributed by atoms with van der Waals surface area (Å²) in [6, 6.07) is 20.7. The van der Waals surface area contributed by atoms with Crippen molar-refractivity contribution in [3.63, 3.8) is 0 Å². The first-order valence-corrected chi connectivity index (χ1v) is 8.35. The van der Waals surface area contributed by atoms with Gasteiger partial charge in [0, 0.05) is 0 Å². The summed E-state index contributed by atoms with van der Waals surface area (Å²) in [5.41, 5.74) is 3.10. The van der Waals surface area contributed by atoms with Gasteiger partial charge in [-0.05, 0) is 35.3 Å². The van der Waals surface area contributed by atoms with Crippen LogP contribution < -0.4 is 0 Å². The van der Waals surface area contributed by atoms with E-state index < -0.39 is 5.60 Å². The molecule has 2 aromatic carbocycles. The van der Waals surface area contributed by atoms with Gasteiger partial charge in [-0.3, -0.25) is 0 Å². The molecule has 1 aliphatic rings. The maximum atomic E-state index is 6.05. The minimum Gasteiger partial charge on any atom is -0.486 e. The smallest absolute Gasteiger partial charge is 0.151 e. The molecule has 0 aliphatic carbocycles. The van der Waals surface area contributed by atoms with E-state index in [1.807, 2.05) is 42.5 Å². The summed E-state index contributed by atoms with van der Waals surface area (Å²) in [5.74, 6) is 0. The molecule has 0 spiro atoms. The lowest BCUT2D eigenvalue weighted by Gasteiger charge is -2.32. The van der Waals surface area contributed by atoms with E-state index in [0.29, 0.717) is 0 Å². The molecule has 1 unspecified atom stereocenters. The predicted octanol–water partition coefficient (Wildman–Crippen LogP) is 6.03. The van der Waals surface area contributed by atoms with Gasteiger partial charge < -0.3 is 4.74 Å². The van der Waals surface area contributed by atoms with Crippen molar-refractivity contribution in [3.05, 3.63) is 108 Å². The Balaban J connectivity index is 1.88. The second kappa shape index (κ2) is 7.65. The molecule has 1 atom stereocenters. The maximum Gasteiger partial charge on any atom is 0.151 e. The summed E-state index contributed by atoms with van der Waals surface area (Å²) in [4.78, 5) is 0. The zero-order valence-corrected chi connectivity index (χ0v) is 13.9. The number of allylic oxidation sites excluding steroid dienone is 2. The van der Waals surface area contributed by atoms with Crippen molar-refractivity contribution < 1.29 is 4.74 Å². The van der Waals surface area contributed by atoms with Gasteiger partial charge in [0.15, 0.2) is 5.60 Å². The first-order chi connectivity index (χ1) is 11.8. The average Bonchev–Trinajstić information content (AvgIpc) is 2.67. The van der Waals surface area contributed by atoms with Crippen LogP contribution in [-0.4, -0.2) is 5.60 Å². The molecule has 2 aromatic rings. The Kier molecular flexibility index (Phi) is 5.12. The summed E-state index contributed by atoms with van der Waals surface area (Å²) >= 11 is 0. The third-order valence-electron chi connectivity index (χ3n) is 4.25. The van der Waals surface area contributed by atoms with Gasteiger partial charge in [0.1, 0.15) is 0 Å². The van der Waals surface area contributed by atoms with Gasteiger partial charge in [-0.1, -0.05) is 91.9 Å². The van der Waals surface area contributed by atoms with E-state index in [9.17, 15) is 0 Å². The van der Waals surface area contributed by atoms with E-state index in [1.54, 1.807) is 6.26 Å². The minimum absolute atomic E-state index is 0.421. The van der Waals surface area contributed by atoms with Gasteiger partial charge in [-0.15, -0.1) is 0 Å². The molecule has 0 N–H and O–H groups in total. The first-order valence-electron chi connectivity index (χ1n) is 8.35. The van der Waals surface area contributed by atoms with Gasteiger partial charge in [-0.25, -0.2) is 0 Å². The third kappa shape index (κ3) is 3.75. The van der Waals surface area contributed by atoms with E-state index in [1.165, 1.54) is 11.1 Å². The Bertz CT molecular complexity index is 766. The molecule has 0 fully saturated rings. The van der Waals surface area contributed by atoms with Crippen LogP contribution >= 0.6 is 0 Å². The molecule has 0 aromatic heterocycles. The van der Waals surface area contributed by atoms with Crippen LogP contribution in [0.1, 0.15) is 24.5 Å². The topological polar surface area (TPSA) is 9.23 Å². The van der Waals surface area contributed by atoms with Crippen LogP contribution in [0.5, 0.6) is 0 Å². The van der Waals surface area contributed by atoms with Crippen LogP contribution in [0.15, 0.2) is 96.8 Å². The molecule has 1 nitrogen and oxygen atoms in total. The quantitative estimate of drug-likeness (QED) is 0.654. The third-order valence-corrected chi connectivity index (χ3v) is 4.25. The van der Waals surface area contributed by atoms with Crippen LogP contribution in [0.3, 0.4) is 0 Å². The summed E-state index contributed by atoms with van der Waals surface area (Å²) < 4.78 is 6.05. The number of hydrogen-bond donors (Lipinski definition) is 0. The second-order valence-corrected chi connectivity index (χ2v) is 5.80. The molecule has 120 valence electrons. The van der Waals surface area contributed by atoms with Crippen molar-refractivity contribution in [1.29, 1.82) is 0 Å². The van der Waals surface area contributed by atoms with Crippen molar-refractivity contribution >= 4 is 12.2 Å². The molecule has 1 heteroatoms. The SMILES string of the molecule is CCC1(/C=C/c2ccccc2)OC=CC=C1/C=C/c1ccccc1. The number of ether oxygens (including phenoxy) is 1. The van der Waals surface area contributed by atoms with Crippen molar-refractivity contribution in [1.82, 2.24) is 0 Å². The fourth-order valence-corrected chi connectivity index (χ4v) is 2.80. The summed E-state index contributed by atoms with van der Waals surface area (Å²) in [5, 5.41) is 0. The van der Waals surface area contributed by atoms with Crippen molar-refractivity contribution in [3.8, 4) is 0 Å². The highest BCUT2D eigenvalue weighted by Crippen LogP contribution is 2.33. The molecule has 24 heavy (non-hydrogen) atoms. The fraction of sp³-hybridized carbons (Fsp3) is 0.130. The molecule has 1 heterocycles. The highest BCUT2D eigenvalue weighted by molar-refractivity contribution is 5.59. The van der Waals surface area contributed by atoms with Crippen molar-refractivity contribution in [2.45, 2.75) is 18.9 Å². The standard InChI is InChI=1S/C23H22O/c1-2-23(18-17-21-12-7-4-8-13-21)22(14-9-19-24-23)16-15-20-10-5-3-6-11-20/h3-19H,2H2,1H3/b16-15+,18-17+. The minimum atomic E-state index is -0.421. The van der Waals surface area contributed by atoms with Gasteiger partial charge in [0.2, 0.25) is 0 Å². The van der Waals surface area contributed by atoms with E-state index in [2.05, 4.69) is 61.6 Å². The Morgan fingerprint density at radius 1 is 0.833 bits per heavy atom. The zero-order chi connectivity index (χ0) is 16.7. The zero-order valence-electron chi connectivity index (χ0n) is 13.9. The van der Waals surface area contributed by atoms with Gasteiger partial charge >= 0.3 is 0 Å². The Hall–Kier alpha value is -2.80. The van der Waals surface area contributed by atoms with E-state index >= 15 is 0 Å². The largest absolute Gasteiger partial charge is 0.486 e. The van der Waals surface area contributed by atoms with Crippen molar-refractivity contribution in [2.75, 3.05) is 0 Å². The normalized spacial score (nSPS) is 20.3. The molecular formula is C23H22O. The molecule has 3 rings (SSSR count). The van der Waals surface area contributed by atoms with E-state index in [-0.39, 0.29) is 0 Å². The predicted molar refractivity (Wildman–Crippen MR) is 102 cm³/mol. The van der Waals surface area contributed by atoms with Gasteiger partial charge in [0.05, 0.1) is 6.26 Å². The van der Waals surface area contributed by atoms with Crippen molar-refractivity contribution in [2.24, 2.45) is 0 Å². The summed E-state index contributed by atoms with van der Waals surface area (Å²) in [6.07, 6.45) is 15.3. The van der Waals surface area contributed by atoms with Gasteiger partial charge in [-0.2, -0.15) is 0 Å². The van der Waals surface area contributed by atoms with Crippen LogP contribution in [0.25, 0.3) is 12.2 Å². The number of benzene rings is 2. The molecule has 0 saturated carbocycles. The first kappa shape index (κ1) is 16.1. The average molecular weight is 314 g/mol. The number of hydrogen-bond acceptors (Lipinski definition) is 1. The molecule has 1 aliphatic heterocycles. The highest BCUT2D eigenvalue weighted by Gasteiger charge is 2.30. The maximum absolute atomic E-state index is 6.05. The lowest BCUT2D eigenvalue weighted by Crippen LogP contribution is -2.30. The molecule has 0 amide bonds. The Labute approximate surface area is 144 Å². The van der Waals surface area contributed by atoms with Gasteiger partial charge in [0.25, 0.3) is 0 Å². The van der Waals surface area contributed by atoms with Crippen LogP contribution in [-0.2, 0) is 4.74 Å². The fourth-order valence-electron chi connectivity index (χ4n) is 2.80. The van der Waals surface area contributed by atoms with Crippen LogP contribution in [0.2, 0.25) is 0 Å². The lowest BCUT2D eigenvalue weighted by molar-refractivity contribution is 0.0993. The summed E-state index contributed by atoms with van der Waals surface area (Å²) in [7, 11) is 0. The number of rotatable bonds is 5. The Morgan fingerprint density at radius 3 is 2.08 bits per heavy atom.